The van der Waals surface area contributed by atoms with Crippen LogP contribution >= 0.6 is 0 Å². The summed E-state index contributed by atoms with van der Waals surface area (Å²) in [6.07, 6.45) is 2.43. The number of nitrogen functional groups attached to an aromatic ring is 1. The smallest absolute Gasteiger partial charge is 0.0396 e. The summed E-state index contributed by atoms with van der Waals surface area (Å²) >= 11 is 0. The standard InChI is InChI=1S/C16H18N2/c1-18-10-2-3-14-11-13(6-9-16(14)18)12-4-7-15(17)8-5-12/h4-9,11H,2-3,10,17H2,1H3. The molecule has 0 spiro atoms. The first-order chi connectivity index (χ1) is 8.74. The first kappa shape index (κ1) is 11.1. The highest BCUT2D eigenvalue weighted by molar-refractivity contribution is 5.70. The molecular formula is C16H18N2. The Hall–Kier alpha value is -1.96. The second kappa shape index (κ2) is 4.37. The SMILES string of the molecule is CN1CCCc2cc(-c3ccc(N)cc3)ccc21. The lowest BCUT2D eigenvalue weighted by atomic mass is 9.96. The fourth-order valence-electron chi connectivity index (χ4n) is 2.64. The van der Waals surface area contributed by atoms with E-state index in [1.54, 1.807) is 0 Å². The molecule has 3 rings (SSSR count). The lowest BCUT2D eigenvalue weighted by Crippen LogP contribution is -2.24. The fourth-order valence-corrected chi connectivity index (χ4v) is 2.64. The third-order valence-corrected chi connectivity index (χ3v) is 3.67. The second-order valence-corrected chi connectivity index (χ2v) is 4.99. The molecule has 0 aliphatic carbocycles. The Morgan fingerprint density at radius 3 is 2.50 bits per heavy atom. The molecule has 2 N–H and O–H groups in total. The summed E-state index contributed by atoms with van der Waals surface area (Å²) in [5.74, 6) is 0. The lowest BCUT2D eigenvalue weighted by Gasteiger charge is -2.27. The van der Waals surface area contributed by atoms with Gasteiger partial charge in [0.1, 0.15) is 0 Å². The predicted molar refractivity (Wildman–Crippen MR) is 77.9 cm³/mol. The summed E-state index contributed by atoms with van der Waals surface area (Å²) in [7, 11) is 2.17. The lowest BCUT2D eigenvalue weighted by molar-refractivity contribution is 0.745. The number of nitrogens with two attached hydrogens (primary N) is 1. The van der Waals surface area contributed by atoms with Gasteiger partial charge in [0.05, 0.1) is 0 Å². The quantitative estimate of drug-likeness (QED) is 0.772. The van der Waals surface area contributed by atoms with Gasteiger partial charge in [0, 0.05) is 25.0 Å². The molecule has 1 aliphatic heterocycles. The van der Waals surface area contributed by atoms with Crippen LogP contribution in [0.4, 0.5) is 11.4 Å². The van der Waals surface area contributed by atoms with Crippen molar-refractivity contribution in [3.63, 3.8) is 0 Å². The van der Waals surface area contributed by atoms with E-state index in [9.17, 15) is 0 Å². The Balaban J connectivity index is 2.01. The van der Waals surface area contributed by atoms with Gasteiger partial charge in [0.15, 0.2) is 0 Å². The number of nitrogens with zero attached hydrogens (tertiary/aromatic N) is 1. The van der Waals surface area contributed by atoms with Crippen LogP contribution in [0.3, 0.4) is 0 Å². The molecule has 0 bridgehead atoms. The van der Waals surface area contributed by atoms with Crippen LogP contribution in [0.25, 0.3) is 11.1 Å². The van der Waals surface area contributed by atoms with E-state index >= 15 is 0 Å². The van der Waals surface area contributed by atoms with E-state index in [1.807, 2.05) is 12.1 Å². The summed E-state index contributed by atoms with van der Waals surface area (Å²) < 4.78 is 0. The van der Waals surface area contributed by atoms with E-state index < -0.39 is 0 Å². The van der Waals surface area contributed by atoms with Crippen LogP contribution in [0.2, 0.25) is 0 Å². The van der Waals surface area contributed by atoms with Gasteiger partial charge in [-0.25, -0.2) is 0 Å². The van der Waals surface area contributed by atoms with Crippen molar-refractivity contribution in [3.05, 3.63) is 48.0 Å². The van der Waals surface area contributed by atoms with Crippen molar-refractivity contribution in [2.24, 2.45) is 0 Å². The predicted octanol–water partition coefficient (Wildman–Crippen LogP) is 3.32. The maximum Gasteiger partial charge on any atom is 0.0396 e. The maximum atomic E-state index is 5.73. The average Bonchev–Trinajstić information content (AvgIpc) is 2.39. The second-order valence-electron chi connectivity index (χ2n) is 4.99. The van der Waals surface area contributed by atoms with Crippen LogP contribution < -0.4 is 10.6 Å². The van der Waals surface area contributed by atoms with Crippen LogP contribution in [0.5, 0.6) is 0 Å². The highest BCUT2D eigenvalue weighted by atomic mass is 15.1. The van der Waals surface area contributed by atoms with Crippen molar-refractivity contribution in [1.29, 1.82) is 0 Å². The number of rotatable bonds is 1. The number of hydrogen-bond acceptors (Lipinski definition) is 2. The first-order valence-corrected chi connectivity index (χ1v) is 6.44. The van der Waals surface area contributed by atoms with Crippen LogP contribution in [0.15, 0.2) is 42.5 Å². The van der Waals surface area contributed by atoms with Crippen LogP contribution in [0, 0.1) is 0 Å². The van der Waals surface area contributed by atoms with E-state index in [0.29, 0.717) is 0 Å². The van der Waals surface area contributed by atoms with Crippen molar-refractivity contribution in [1.82, 2.24) is 0 Å². The Labute approximate surface area is 108 Å². The van der Waals surface area contributed by atoms with Gasteiger partial charge >= 0.3 is 0 Å². The normalized spacial score (nSPS) is 14.4. The third-order valence-electron chi connectivity index (χ3n) is 3.67. The molecule has 2 nitrogen and oxygen atoms in total. The Bertz CT molecular complexity index is 558. The number of hydrogen-bond donors (Lipinski definition) is 1. The molecule has 2 aromatic rings. The van der Waals surface area contributed by atoms with Crippen LogP contribution in [0.1, 0.15) is 12.0 Å². The highest BCUT2D eigenvalue weighted by Crippen LogP contribution is 2.30. The summed E-state index contributed by atoms with van der Waals surface area (Å²) in [6, 6.07) is 14.8. The molecule has 2 aromatic carbocycles. The van der Waals surface area contributed by atoms with Crippen molar-refractivity contribution < 1.29 is 0 Å². The number of aryl methyl sites for hydroxylation is 1. The summed E-state index contributed by atoms with van der Waals surface area (Å²) in [5, 5.41) is 0. The molecule has 0 unspecified atom stereocenters. The molecule has 2 heteroatoms. The van der Waals surface area contributed by atoms with Gasteiger partial charge in [-0.15, -0.1) is 0 Å². The van der Waals surface area contributed by atoms with Gasteiger partial charge < -0.3 is 10.6 Å². The average molecular weight is 238 g/mol. The molecule has 18 heavy (non-hydrogen) atoms. The minimum absolute atomic E-state index is 0.816. The fraction of sp³-hybridized carbons (Fsp3) is 0.250. The monoisotopic (exact) mass is 238 g/mol. The molecule has 1 aliphatic rings. The Morgan fingerprint density at radius 2 is 1.72 bits per heavy atom. The van der Waals surface area contributed by atoms with Gasteiger partial charge in [0.2, 0.25) is 0 Å². The molecule has 1 heterocycles. The molecule has 0 aromatic heterocycles. The van der Waals surface area contributed by atoms with Crippen molar-refractivity contribution >= 4 is 11.4 Å². The summed E-state index contributed by atoms with van der Waals surface area (Å²) in [5.41, 5.74) is 11.9. The minimum Gasteiger partial charge on any atom is -0.399 e. The molecule has 0 saturated carbocycles. The molecule has 0 saturated heterocycles. The number of benzene rings is 2. The van der Waals surface area contributed by atoms with Gasteiger partial charge in [-0.2, -0.15) is 0 Å². The van der Waals surface area contributed by atoms with Crippen molar-refractivity contribution in [2.45, 2.75) is 12.8 Å². The van der Waals surface area contributed by atoms with Crippen LogP contribution in [-0.4, -0.2) is 13.6 Å². The zero-order chi connectivity index (χ0) is 12.5. The van der Waals surface area contributed by atoms with Gasteiger partial charge in [-0.1, -0.05) is 18.2 Å². The topological polar surface area (TPSA) is 29.3 Å². The van der Waals surface area contributed by atoms with Crippen molar-refractivity contribution in [3.8, 4) is 11.1 Å². The van der Waals surface area contributed by atoms with Gasteiger partial charge in [-0.3, -0.25) is 0 Å². The van der Waals surface area contributed by atoms with E-state index in [0.717, 1.165) is 12.2 Å². The summed E-state index contributed by atoms with van der Waals surface area (Å²) in [4.78, 5) is 2.34. The minimum atomic E-state index is 0.816. The zero-order valence-corrected chi connectivity index (χ0v) is 10.7. The molecule has 0 radical (unpaired) electrons. The van der Waals surface area contributed by atoms with Gasteiger partial charge in [0.25, 0.3) is 0 Å². The first-order valence-electron chi connectivity index (χ1n) is 6.44. The largest absolute Gasteiger partial charge is 0.399 e. The molecule has 0 amide bonds. The van der Waals surface area contributed by atoms with E-state index in [-0.39, 0.29) is 0 Å². The van der Waals surface area contributed by atoms with Crippen molar-refractivity contribution in [2.75, 3.05) is 24.2 Å². The Morgan fingerprint density at radius 1 is 1.00 bits per heavy atom. The van der Waals surface area contributed by atoms with E-state index in [2.05, 4.69) is 42.3 Å². The number of anilines is 2. The third kappa shape index (κ3) is 1.94. The van der Waals surface area contributed by atoms with E-state index in [1.165, 1.54) is 35.2 Å². The molecule has 0 atom stereocenters. The zero-order valence-electron chi connectivity index (χ0n) is 10.7. The molecule has 0 fully saturated rings. The van der Waals surface area contributed by atoms with E-state index in [4.69, 9.17) is 5.73 Å². The molecular weight excluding hydrogens is 220 g/mol. The maximum absolute atomic E-state index is 5.73. The Kier molecular flexibility index (Phi) is 2.71. The number of fused-ring (bicyclic) bond motifs is 1. The summed E-state index contributed by atoms with van der Waals surface area (Å²) in [6.45, 7) is 1.16. The highest BCUT2D eigenvalue weighted by Gasteiger charge is 2.13. The molecule has 92 valence electrons. The van der Waals surface area contributed by atoms with Gasteiger partial charge in [-0.05, 0) is 53.8 Å². The van der Waals surface area contributed by atoms with Crippen LogP contribution in [-0.2, 0) is 6.42 Å².